The second kappa shape index (κ2) is 7.50. The molecule has 0 bridgehead atoms. The zero-order valence-corrected chi connectivity index (χ0v) is 16.0. The van der Waals surface area contributed by atoms with E-state index in [0.717, 1.165) is 11.3 Å². The van der Waals surface area contributed by atoms with Crippen molar-refractivity contribution in [3.63, 3.8) is 0 Å². The first kappa shape index (κ1) is 17.8. The van der Waals surface area contributed by atoms with Crippen molar-refractivity contribution in [2.75, 3.05) is 5.73 Å². The van der Waals surface area contributed by atoms with E-state index in [0.29, 0.717) is 22.5 Å². The summed E-state index contributed by atoms with van der Waals surface area (Å²) in [5, 5.41) is 4.56. The molecule has 2 N–H and O–H groups in total. The maximum atomic E-state index is 6.25. The number of aromatic nitrogens is 2. The van der Waals surface area contributed by atoms with E-state index in [9.17, 15) is 0 Å². The Morgan fingerprint density at radius 2 is 1.92 bits per heavy atom. The lowest BCUT2D eigenvalue weighted by atomic mass is 9.99. The Morgan fingerprint density at radius 3 is 2.60 bits per heavy atom. The van der Waals surface area contributed by atoms with Crippen molar-refractivity contribution in [3.8, 4) is 0 Å². The molecule has 0 saturated heterocycles. The van der Waals surface area contributed by atoms with Gasteiger partial charge in [-0.3, -0.25) is 0 Å². The number of thioether (sulfide) groups is 1. The third-order valence-electron chi connectivity index (χ3n) is 4.11. The Kier molecular flexibility index (Phi) is 5.35. The lowest BCUT2D eigenvalue weighted by molar-refractivity contribution is 0.387. The third kappa shape index (κ3) is 4.17. The van der Waals surface area contributed by atoms with E-state index in [1.165, 1.54) is 16.7 Å². The Balaban J connectivity index is 1.97. The molecule has 1 unspecified atom stereocenters. The van der Waals surface area contributed by atoms with Gasteiger partial charge in [0.15, 0.2) is 5.82 Å². The summed E-state index contributed by atoms with van der Waals surface area (Å²) in [7, 11) is 0. The summed E-state index contributed by atoms with van der Waals surface area (Å²) >= 11 is 7.92. The zero-order chi connectivity index (χ0) is 18.0. The standard InChI is InChI=1S/C19H20ClN3OS/c1-11-4-5-14(8-12(11)2)19(16-9-15(20)6-7-17(16)21)25-10-18-22-13(3)23-24-18/h4-9,19H,10,21H2,1-3H3. The molecule has 3 aromatic rings. The van der Waals surface area contributed by atoms with Crippen LogP contribution in [-0.2, 0) is 5.75 Å². The molecule has 6 heteroatoms. The lowest BCUT2D eigenvalue weighted by Gasteiger charge is -2.20. The molecule has 4 nitrogen and oxygen atoms in total. The summed E-state index contributed by atoms with van der Waals surface area (Å²) in [5.41, 5.74) is 11.7. The molecule has 0 aliphatic heterocycles. The fourth-order valence-electron chi connectivity index (χ4n) is 2.62. The van der Waals surface area contributed by atoms with Gasteiger partial charge in [0, 0.05) is 10.7 Å². The van der Waals surface area contributed by atoms with E-state index in [2.05, 4.69) is 42.2 Å². The van der Waals surface area contributed by atoms with Crippen LogP contribution in [0, 0.1) is 20.8 Å². The number of nitrogen functional groups attached to an aromatic ring is 1. The first-order valence-corrected chi connectivity index (χ1v) is 9.39. The molecule has 3 rings (SSSR count). The number of benzene rings is 2. The quantitative estimate of drug-likeness (QED) is 0.618. The predicted octanol–water partition coefficient (Wildman–Crippen LogP) is 5.25. The highest BCUT2D eigenvalue weighted by Gasteiger charge is 2.20. The molecule has 1 heterocycles. The minimum Gasteiger partial charge on any atom is -0.398 e. The van der Waals surface area contributed by atoms with Crippen molar-refractivity contribution >= 4 is 29.1 Å². The molecule has 1 atom stereocenters. The Bertz CT molecular complexity index is 894. The SMILES string of the molecule is Cc1noc(CSC(c2ccc(C)c(C)c2)c2cc(Cl)ccc2N)n1. The van der Waals surface area contributed by atoms with Crippen molar-refractivity contribution in [1.82, 2.24) is 10.1 Å². The van der Waals surface area contributed by atoms with E-state index >= 15 is 0 Å². The predicted molar refractivity (Wildman–Crippen MR) is 104 cm³/mol. The molecule has 0 aliphatic carbocycles. The first-order chi connectivity index (χ1) is 11.9. The highest BCUT2D eigenvalue weighted by Crippen LogP contribution is 2.41. The van der Waals surface area contributed by atoms with Gasteiger partial charge in [0.05, 0.1) is 11.0 Å². The van der Waals surface area contributed by atoms with Crippen LogP contribution in [0.2, 0.25) is 5.02 Å². The minimum absolute atomic E-state index is 0.0326. The van der Waals surface area contributed by atoms with Crippen LogP contribution < -0.4 is 5.73 Å². The molecule has 0 saturated carbocycles. The number of hydrogen-bond donors (Lipinski definition) is 1. The number of rotatable bonds is 5. The number of aryl methyl sites for hydroxylation is 3. The number of nitrogens with zero attached hydrogens (tertiary/aromatic N) is 2. The summed E-state index contributed by atoms with van der Waals surface area (Å²) in [6, 6.07) is 12.1. The lowest BCUT2D eigenvalue weighted by Crippen LogP contribution is -2.03. The van der Waals surface area contributed by atoms with E-state index in [4.69, 9.17) is 21.9 Å². The Morgan fingerprint density at radius 1 is 1.12 bits per heavy atom. The second-order valence-electron chi connectivity index (χ2n) is 6.04. The number of nitrogens with two attached hydrogens (primary N) is 1. The fraction of sp³-hybridized carbons (Fsp3) is 0.263. The first-order valence-electron chi connectivity index (χ1n) is 7.97. The summed E-state index contributed by atoms with van der Waals surface area (Å²) in [6.07, 6.45) is 0. The Hall–Kier alpha value is -1.98. The maximum Gasteiger partial charge on any atom is 0.236 e. The van der Waals surface area contributed by atoms with Gasteiger partial charge in [-0.15, -0.1) is 11.8 Å². The van der Waals surface area contributed by atoms with Crippen LogP contribution in [0.4, 0.5) is 5.69 Å². The third-order valence-corrected chi connectivity index (χ3v) is 5.62. The minimum atomic E-state index is 0.0326. The van der Waals surface area contributed by atoms with Crippen LogP contribution in [0.5, 0.6) is 0 Å². The molecule has 0 radical (unpaired) electrons. The van der Waals surface area contributed by atoms with E-state index < -0.39 is 0 Å². The van der Waals surface area contributed by atoms with Gasteiger partial charge in [-0.05, 0) is 61.2 Å². The van der Waals surface area contributed by atoms with E-state index in [1.807, 2.05) is 25.1 Å². The molecule has 130 valence electrons. The van der Waals surface area contributed by atoms with Crippen LogP contribution in [0.15, 0.2) is 40.9 Å². The smallest absolute Gasteiger partial charge is 0.236 e. The molecule has 1 aromatic heterocycles. The highest BCUT2D eigenvalue weighted by atomic mass is 35.5. The monoisotopic (exact) mass is 373 g/mol. The maximum absolute atomic E-state index is 6.25. The fourth-order valence-corrected chi connectivity index (χ4v) is 3.95. The summed E-state index contributed by atoms with van der Waals surface area (Å²) < 4.78 is 5.24. The van der Waals surface area contributed by atoms with Crippen molar-refractivity contribution < 1.29 is 4.52 Å². The zero-order valence-electron chi connectivity index (χ0n) is 14.4. The van der Waals surface area contributed by atoms with Crippen molar-refractivity contribution in [3.05, 3.63) is 75.4 Å². The topological polar surface area (TPSA) is 64.9 Å². The van der Waals surface area contributed by atoms with Gasteiger partial charge in [0.2, 0.25) is 5.89 Å². The molecule has 0 aliphatic rings. The van der Waals surface area contributed by atoms with Gasteiger partial charge in [-0.1, -0.05) is 35.0 Å². The number of anilines is 1. The summed E-state index contributed by atoms with van der Waals surface area (Å²) in [4.78, 5) is 4.29. The molecule has 25 heavy (non-hydrogen) atoms. The van der Waals surface area contributed by atoms with E-state index in [1.54, 1.807) is 11.8 Å². The van der Waals surface area contributed by atoms with Crippen molar-refractivity contribution in [2.45, 2.75) is 31.8 Å². The molecular weight excluding hydrogens is 354 g/mol. The molecule has 2 aromatic carbocycles. The average Bonchev–Trinajstić information content (AvgIpc) is 2.99. The van der Waals surface area contributed by atoms with Gasteiger partial charge in [0.25, 0.3) is 0 Å². The van der Waals surface area contributed by atoms with Gasteiger partial charge < -0.3 is 10.3 Å². The van der Waals surface area contributed by atoms with Crippen LogP contribution in [0.1, 0.15) is 39.2 Å². The second-order valence-corrected chi connectivity index (χ2v) is 7.57. The van der Waals surface area contributed by atoms with Crippen molar-refractivity contribution in [1.29, 1.82) is 0 Å². The molecular formula is C19H20ClN3OS. The highest BCUT2D eigenvalue weighted by molar-refractivity contribution is 7.98. The number of halogens is 1. The average molecular weight is 374 g/mol. The largest absolute Gasteiger partial charge is 0.398 e. The normalized spacial score (nSPS) is 12.3. The van der Waals surface area contributed by atoms with Gasteiger partial charge in [-0.2, -0.15) is 4.98 Å². The van der Waals surface area contributed by atoms with Crippen LogP contribution in [0.25, 0.3) is 0 Å². The molecule has 0 amide bonds. The van der Waals surface area contributed by atoms with Crippen LogP contribution in [0.3, 0.4) is 0 Å². The van der Waals surface area contributed by atoms with Crippen molar-refractivity contribution in [2.24, 2.45) is 0 Å². The molecule has 0 fully saturated rings. The van der Waals surface area contributed by atoms with Crippen LogP contribution in [-0.4, -0.2) is 10.1 Å². The number of hydrogen-bond acceptors (Lipinski definition) is 5. The van der Waals surface area contributed by atoms with Crippen LogP contribution >= 0.6 is 23.4 Å². The van der Waals surface area contributed by atoms with E-state index in [-0.39, 0.29) is 5.25 Å². The molecule has 0 spiro atoms. The summed E-state index contributed by atoms with van der Waals surface area (Å²) in [5.74, 6) is 1.85. The van der Waals surface area contributed by atoms with Gasteiger partial charge in [0.1, 0.15) is 0 Å². The van der Waals surface area contributed by atoms with Gasteiger partial charge in [-0.25, -0.2) is 0 Å². The Labute approximate surface area is 156 Å². The van der Waals surface area contributed by atoms with Gasteiger partial charge >= 0.3 is 0 Å². The summed E-state index contributed by atoms with van der Waals surface area (Å²) in [6.45, 7) is 6.03.